The van der Waals surface area contributed by atoms with Gasteiger partial charge in [0, 0.05) is 18.4 Å². The maximum absolute atomic E-state index is 11.7. The Kier molecular flexibility index (Phi) is 6.36. The molecule has 0 bridgehead atoms. The minimum Gasteiger partial charge on any atom is -0.320 e. The zero-order valence-electron chi connectivity index (χ0n) is 11.7. The molecule has 1 rings (SSSR count). The van der Waals surface area contributed by atoms with E-state index in [1.807, 2.05) is 0 Å². The highest BCUT2D eigenvalue weighted by Crippen LogP contribution is 2.07. The van der Waals surface area contributed by atoms with Crippen LogP contribution in [0.1, 0.15) is 11.1 Å². The fraction of sp³-hybridized carbons (Fsp3) is 0.385. The van der Waals surface area contributed by atoms with Crippen molar-refractivity contribution >= 4 is 19.9 Å². The number of hydrogen-bond acceptors (Lipinski definition) is 5. The molecule has 1 aromatic rings. The van der Waals surface area contributed by atoms with E-state index in [-0.39, 0.29) is 13.1 Å². The quantitative estimate of drug-likeness (QED) is 0.682. The Bertz CT molecular complexity index is 744. The van der Waals surface area contributed by atoms with Crippen LogP contribution < -0.4 is 10.5 Å². The van der Waals surface area contributed by atoms with Gasteiger partial charge in [-0.25, -0.2) is 21.6 Å². The molecule has 0 atom stereocenters. The molecule has 0 radical (unpaired) electrons. The molecule has 0 aliphatic carbocycles. The lowest BCUT2D eigenvalue weighted by atomic mass is 10.1. The summed E-state index contributed by atoms with van der Waals surface area (Å²) < 4.78 is 47.9. The van der Waals surface area contributed by atoms with Crippen molar-refractivity contribution in [2.24, 2.45) is 5.73 Å². The largest absolute Gasteiger partial charge is 0.320 e. The molecule has 6 nitrogen and oxygen atoms in total. The zero-order chi connectivity index (χ0) is 15.9. The minimum absolute atomic E-state index is 0.0571. The fourth-order valence-electron chi connectivity index (χ4n) is 1.46. The van der Waals surface area contributed by atoms with Gasteiger partial charge in [-0.1, -0.05) is 30.0 Å². The summed E-state index contributed by atoms with van der Waals surface area (Å²) in [4.78, 5) is 0. The van der Waals surface area contributed by atoms with E-state index in [1.54, 1.807) is 24.3 Å². The van der Waals surface area contributed by atoms with Crippen molar-refractivity contribution in [1.82, 2.24) is 4.72 Å². The van der Waals surface area contributed by atoms with Gasteiger partial charge in [0.2, 0.25) is 10.0 Å². The molecule has 0 aromatic heterocycles. The average molecular weight is 330 g/mol. The highest BCUT2D eigenvalue weighted by Gasteiger charge is 2.14. The molecule has 21 heavy (non-hydrogen) atoms. The van der Waals surface area contributed by atoms with E-state index in [0.29, 0.717) is 11.1 Å². The Balaban J connectivity index is 2.75. The van der Waals surface area contributed by atoms with Crippen molar-refractivity contribution in [3.63, 3.8) is 0 Å². The van der Waals surface area contributed by atoms with Gasteiger partial charge in [0.05, 0.1) is 18.1 Å². The van der Waals surface area contributed by atoms with E-state index >= 15 is 0 Å². The lowest BCUT2D eigenvalue weighted by molar-refractivity contribution is 0.578. The van der Waals surface area contributed by atoms with E-state index in [9.17, 15) is 16.8 Å². The molecule has 0 unspecified atom stereocenters. The normalized spacial score (nSPS) is 11.7. The van der Waals surface area contributed by atoms with Crippen LogP contribution in [0.2, 0.25) is 0 Å². The van der Waals surface area contributed by atoms with Gasteiger partial charge in [0.1, 0.15) is 9.84 Å². The van der Waals surface area contributed by atoms with Crippen molar-refractivity contribution in [1.29, 1.82) is 0 Å². The van der Waals surface area contributed by atoms with Crippen LogP contribution in [-0.2, 0) is 26.4 Å². The maximum Gasteiger partial charge on any atom is 0.212 e. The number of benzene rings is 1. The van der Waals surface area contributed by atoms with E-state index < -0.39 is 31.4 Å². The summed E-state index contributed by atoms with van der Waals surface area (Å²) in [6, 6.07) is 7.08. The van der Waals surface area contributed by atoms with Crippen LogP contribution in [0.3, 0.4) is 0 Å². The lowest BCUT2D eigenvalue weighted by Crippen LogP contribution is -2.29. The smallest absolute Gasteiger partial charge is 0.212 e. The van der Waals surface area contributed by atoms with Crippen LogP contribution >= 0.6 is 0 Å². The summed E-state index contributed by atoms with van der Waals surface area (Å²) in [5.74, 6) is 4.71. The molecule has 3 N–H and O–H groups in total. The van der Waals surface area contributed by atoms with E-state index in [1.165, 1.54) is 0 Å². The molecular formula is C13H18N2O4S2. The van der Waals surface area contributed by atoms with E-state index in [4.69, 9.17) is 5.73 Å². The fourth-order valence-corrected chi connectivity index (χ4v) is 4.07. The van der Waals surface area contributed by atoms with Crippen LogP contribution in [0.25, 0.3) is 0 Å². The molecule has 0 amide bonds. The molecule has 8 heteroatoms. The molecule has 116 valence electrons. The number of hydrogen-bond donors (Lipinski definition) is 2. The first kappa shape index (κ1) is 17.7. The summed E-state index contributed by atoms with van der Waals surface area (Å²) >= 11 is 0. The number of nitrogens with two attached hydrogens (primary N) is 1. The highest BCUT2D eigenvalue weighted by molar-refractivity contribution is 7.93. The molecule has 0 heterocycles. The van der Waals surface area contributed by atoms with Crippen LogP contribution in [0.5, 0.6) is 0 Å². The van der Waals surface area contributed by atoms with Gasteiger partial charge < -0.3 is 5.73 Å². The third-order valence-corrected chi connectivity index (χ3v) is 5.08. The second-order valence-electron chi connectivity index (χ2n) is 4.43. The standard InChI is InChI=1S/C13H18N2O4S2/c1-20(16,17)9-10-21(18,19)15-11-13-6-3-2-5-12(13)7-4-8-14/h2-3,5-6,15H,8-11,14H2,1H3. The van der Waals surface area contributed by atoms with E-state index in [0.717, 1.165) is 6.26 Å². The molecule has 0 saturated carbocycles. The van der Waals surface area contributed by atoms with Crippen LogP contribution in [-0.4, -0.2) is 41.1 Å². The molecule has 0 fully saturated rings. The Hall–Kier alpha value is -1.40. The van der Waals surface area contributed by atoms with Gasteiger partial charge in [-0.3, -0.25) is 0 Å². The molecule has 0 aliphatic heterocycles. The topological polar surface area (TPSA) is 106 Å². The minimum atomic E-state index is -3.65. The predicted molar refractivity (Wildman–Crippen MR) is 82.7 cm³/mol. The Labute approximate surface area is 125 Å². The zero-order valence-corrected chi connectivity index (χ0v) is 13.3. The van der Waals surface area contributed by atoms with Crippen LogP contribution in [0, 0.1) is 11.8 Å². The van der Waals surface area contributed by atoms with Gasteiger partial charge in [0.25, 0.3) is 0 Å². The van der Waals surface area contributed by atoms with Gasteiger partial charge in [-0.05, 0) is 11.6 Å². The SMILES string of the molecule is CS(=O)(=O)CCS(=O)(=O)NCc1ccccc1C#CCN. The predicted octanol–water partition coefficient (Wildman–Crippen LogP) is -0.539. The number of sulfone groups is 1. The first-order valence-electron chi connectivity index (χ1n) is 6.15. The highest BCUT2D eigenvalue weighted by atomic mass is 32.2. The monoisotopic (exact) mass is 330 g/mol. The summed E-state index contributed by atoms with van der Waals surface area (Å²) in [5, 5.41) is 0. The van der Waals surface area contributed by atoms with Crippen molar-refractivity contribution in [3.8, 4) is 11.8 Å². The summed E-state index contributed by atoms with van der Waals surface area (Å²) in [7, 11) is -6.97. The summed E-state index contributed by atoms with van der Waals surface area (Å²) in [6.45, 7) is 0.274. The molecule has 1 aromatic carbocycles. The van der Waals surface area contributed by atoms with Crippen LogP contribution in [0.15, 0.2) is 24.3 Å². The third-order valence-electron chi connectivity index (χ3n) is 2.55. The van der Waals surface area contributed by atoms with Gasteiger partial charge in [-0.15, -0.1) is 0 Å². The maximum atomic E-state index is 11.7. The van der Waals surface area contributed by atoms with Crippen molar-refractivity contribution in [2.45, 2.75) is 6.54 Å². The summed E-state index contributed by atoms with van der Waals surface area (Å²) in [5.41, 5.74) is 6.71. The third kappa shape index (κ3) is 7.24. The first-order chi connectivity index (χ1) is 9.73. The van der Waals surface area contributed by atoms with Crippen molar-refractivity contribution in [2.75, 3.05) is 24.3 Å². The van der Waals surface area contributed by atoms with Gasteiger partial charge in [-0.2, -0.15) is 0 Å². The molecule has 0 saturated heterocycles. The molecule has 0 spiro atoms. The second kappa shape index (κ2) is 7.56. The van der Waals surface area contributed by atoms with E-state index in [2.05, 4.69) is 16.6 Å². The lowest BCUT2D eigenvalue weighted by Gasteiger charge is -2.08. The molecular weight excluding hydrogens is 312 g/mol. The van der Waals surface area contributed by atoms with Gasteiger partial charge in [0.15, 0.2) is 0 Å². The number of nitrogens with one attached hydrogen (secondary N) is 1. The van der Waals surface area contributed by atoms with Crippen molar-refractivity contribution in [3.05, 3.63) is 35.4 Å². The molecule has 0 aliphatic rings. The van der Waals surface area contributed by atoms with Crippen LogP contribution in [0.4, 0.5) is 0 Å². The number of sulfonamides is 1. The Morgan fingerprint density at radius 3 is 2.43 bits per heavy atom. The number of rotatable bonds is 6. The van der Waals surface area contributed by atoms with Crippen molar-refractivity contribution < 1.29 is 16.8 Å². The summed E-state index contributed by atoms with van der Waals surface area (Å²) in [6.07, 6.45) is 1.00. The average Bonchev–Trinajstić information content (AvgIpc) is 2.41. The Morgan fingerprint density at radius 2 is 1.81 bits per heavy atom. The van der Waals surface area contributed by atoms with Gasteiger partial charge >= 0.3 is 0 Å². The Morgan fingerprint density at radius 1 is 1.14 bits per heavy atom. The second-order valence-corrected chi connectivity index (χ2v) is 8.62. The first-order valence-corrected chi connectivity index (χ1v) is 9.87.